The largest absolute Gasteiger partial charge is 0.494 e. The third kappa shape index (κ3) is 4.43. The molecule has 0 radical (unpaired) electrons. The van der Waals surface area contributed by atoms with E-state index in [0.29, 0.717) is 17.4 Å². The molecule has 0 spiro atoms. The lowest BCUT2D eigenvalue weighted by Crippen LogP contribution is -2.35. The van der Waals surface area contributed by atoms with Crippen LogP contribution in [0.25, 0.3) is 0 Å². The Morgan fingerprint density at radius 1 is 1.20 bits per heavy atom. The summed E-state index contributed by atoms with van der Waals surface area (Å²) in [6.45, 7) is 3.34. The van der Waals surface area contributed by atoms with E-state index in [4.69, 9.17) is 21.4 Å². The Morgan fingerprint density at radius 3 is 2.36 bits per heavy atom. The van der Waals surface area contributed by atoms with Crippen LogP contribution < -0.4 is 9.04 Å². The third-order valence-electron chi connectivity index (χ3n) is 3.45. The van der Waals surface area contributed by atoms with Crippen LogP contribution in [0.3, 0.4) is 0 Å². The zero-order chi connectivity index (χ0) is 18.6. The first-order valence-electron chi connectivity index (χ1n) is 7.49. The smallest absolute Gasteiger partial charge is 0.324 e. The average Bonchev–Trinajstić information content (AvgIpc) is 2.56. The minimum atomic E-state index is -4.07. The molecule has 2 aromatic carbocycles. The molecule has 6 nitrogen and oxygen atoms in total. The number of ether oxygens (including phenoxy) is 1. The van der Waals surface area contributed by atoms with Crippen LogP contribution in [-0.4, -0.2) is 32.6 Å². The number of carboxylic acid groups (broad SMARTS) is 1. The van der Waals surface area contributed by atoms with Crippen LogP contribution in [0.5, 0.6) is 5.75 Å². The molecule has 2 rings (SSSR count). The predicted molar refractivity (Wildman–Crippen MR) is 96.0 cm³/mol. The Balaban J connectivity index is 2.47. The van der Waals surface area contributed by atoms with Crippen LogP contribution in [0.4, 0.5) is 5.69 Å². The first kappa shape index (κ1) is 19.1. The second-order valence-corrected chi connectivity index (χ2v) is 7.51. The summed E-state index contributed by atoms with van der Waals surface area (Å²) in [7, 11) is -4.07. The van der Waals surface area contributed by atoms with Crippen LogP contribution in [0.1, 0.15) is 12.5 Å². The van der Waals surface area contributed by atoms with Gasteiger partial charge < -0.3 is 9.84 Å². The lowest BCUT2D eigenvalue weighted by molar-refractivity contribution is -0.135. The van der Waals surface area contributed by atoms with Crippen LogP contribution >= 0.6 is 11.6 Å². The van der Waals surface area contributed by atoms with E-state index in [-0.39, 0.29) is 10.6 Å². The van der Waals surface area contributed by atoms with Crippen LogP contribution in [0, 0.1) is 6.92 Å². The molecular formula is C17H18ClNO5S. The number of sulfonamides is 1. The lowest BCUT2D eigenvalue weighted by Gasteiger charge is -2.23. The summed E-state index contributed by atoms with van der Waals surface area (Å²) in [5.74, 6) is -0.740. The minimum Gasteiger partial charge on any atom is -0.494 e. The van der Waals surface area contributed by atoms with Crippen molar-refractivity contribution in [1.82, 2.24) is 0 Å². The molecule has 2 aromatic rings. The molecule has 0 atom stereocenters. The number of nitrogens with zero attached hydrogens (tertiary/aromatic N) is 1. The standard InChI is InChI=1S/C17H18ClNO5S/c1-3-24-14-6-8-15(9-7-14)25(22,23)19(11-17(20)21)13-5-4-12(2)16(18)10-13/h4-10H,3,11H2,1-2H3,(H,20,21). The number of carboxylic acids is 1. The van der Waals surface area contributed by atoms with E-state index < -0.39 is 22.5 Å². The molecule has 0 saturated heterocycles. The maximum atomic E-state index is 12.9. The van der Waals surface area contributed by atoms with Crippen molar-refractivity contribution < 1.29 is 23.1 Å². The number of halogens is 1. The van der Waals surface area contributed by atoms with Gasteiger partial charge in [-0.3, -0.25) is 9.10 Å². The van der Waals surface area contributed by atoms with Crippen LogP contribution in [0.2, 0.25) is 5.02 Å². The number of aryl methyl sites for hydroxylation is 1. The fraction of sp³-hybridized carbons (Fsp3) is 0.235. The summed E-state index contributed by atoms with van der Waals surface area (Å²) in [5.41, 5.74) is 0.950. The van der Waals surface area contributed by atoms with Gasteiger partial charge in [-0.2, -0.15) is 0 Å². The van der Waals surface area contributed by atoms with Crippen molar-refractivity contribution in [2.45, 2.75) is 18.7 Å². The Kier molecular flexibility index (Phi) is 5.92. The average molecular weight is 384 g/mol. The number of rotatable bonds is 7. The molecule has 0 unspecified atom stereocenters. The number of hydrogen-bond acceptors (Lipinski definition) is 4. The molecular weight excluding hydrogens is 366 g/mol. The highest BCUT2D eigenvalue weighted by Gasteiger charge is 2.27. The summed E-state index contributed by atoms with van der Waals surface area (Å²) in [4.78, 5) is 11.2. The lowest BCUT2D eigenvalue weighted by atomic mass is 10.2. The Bertz CT molecular complexity index is 865. The van der Waals surface area contributed by atoms with Gasteiger partial charge in [0.15, 0.2) is 0 Å². The highest BCUT2D eigenvalue weighted by molar-refractivity contribution is 7.92. The molecule has 0 aliphatic carbocycles. The number of anilines is 1. The van der Waals surface area contributed by atoms with Crippen LogP contribution in [0.15, 0.2) is 47.4 Å². The van der Waals surface area contributed by atoms with Gasteiger partial charge in [0.05, 0.1) is 17.2 Å². The maximum absolute atomic E-state index is 12.9. The normalized spacial score (nSPS) is 11.2. The molecule has 0 bridgehead atoms. The monoisotopic (exact) mass is 383 g/mol. The van der Waals surface area contributed by atoms with Crippen molar-refractivity contribution in [3.05, 3.63) is 53.1 Å². The van der Waals surface area contributed by atoms with E-state index in [0.717, 1.165) is 9.87 Å². The fourth-order valence-electron chi connectivity index (χ4n) is 2.18. The van der Waals surface area contributed by atoms with Gasteiger partial charge in [0.2, 0.25) is 0 Å². The van der Waals surface area contributed by atoms with Crippen LogP contribution in [-0.2, 0) is 14.8 Å². The van der Waals surface area contributed by atoms with Crippen molar-refractivity contribution in [3.63, 3.8) is 0 Å². The quantitative estimate of drug-likeness (QED) is 0.792. The fourth-order valence-corrected chi connectivity index (χ4v) is 3.76. The van der Waals surface area contributed by atoms with Crippen molar-refractivity contribution in [2.75, 3.05) is 17.5 Å². The van der Waals surface area contributed by atoms with E-state index in [1.165, 1.54) is 36.4 Å². The number of hydrogen-bond donors (Lipinski definition) is 1. The molecule has 8 heteroatoms. The molecule has 1 N–H and O–H groups in total. The van der Waals surface area contributed by atoms with Gasteiger partial charge >= 0.3 is 5.97 Å². The first-order chi connectivity index (χ1) is 11.8. The summed E-state index contributed by atoms with van der Waals surface area (Å²) in [6, 6.07) is 10.4. The number of benzene rings is 2. The summed E-state index contributed by atoms with van der Waals surface area (Å²) in [6.07, 6.45) is 0. The summed E-state index contributed by atoms with van der Waals surface area (Å²) < 4.78 is 31.9. The van der Waals surface area contributed by atoms with E-state index in [2.05, 4.69) is 0 Å². The Morgan fingerprint density at radius 2 is 1.84 bits per heavy atom. The highest BCUT2D eigenvalue weighted by Crippen LogP contribution is 2.28. The van der Waals surface area contributed by atoms with Gasteiger partial charge in [0.1, 0.15) is 12.3 Å². The van der Waals surface area contributed by atoms with Crippen molar-refractivity contribution in [1.29, 1.82) is 0 Å². The molecule has 134 valence electrons. The zero-order valence-electron chi connectivity index (χ0n) is 13.8. The second-order valence-electron chi connectivity index (χ2n) is 5.24. The summed E-state index contributed by atoms with van der Waals surface area (Å²) in [5, 5.41) is 9.49. The molecule has 0 heterocycles. The summed E-state index contributed by atoms with van der Waals surface area (Å²) >= 11 is 6.06. The van der Waals surface area contributed by atoms with Gasteiger partial charge in [0.25, 0.3) is 10.0 Å². The third-order valence-corrected chi connectivity index (χ3v) is 5.64. The van der Waals surface area contributed by atoms with Gasteiger partial charge in [-0.05, 0) is 55.8 Å². The first-order valence-corrected chi connectivity index (χ1v) is 9.31. The maximum Gasteiger partial charge on any atom is 0.324 e. The van der Waals surface area contributed by atoms with Gasteiger partial charge in [-0.15, -0.1) is 0 Å². The molecule has 0 aromatic heterocycles. The SMILES string of the molecule is CCOc1ccc(S(=O)(=O)N(CC(=O)O)c2ccc(C)c(Cl)c2)cc1. The molecule has 25 heavy (non-hydrogen) atoms. The Labute approximate surface area is 151 Å². The molecule has 0 aliphatic rings. The topological polar surface area (TPSA) is 83.9 Å². The number of aliphatic carboxylic acids is 1. The second kappa shape index (κ2) is 7.76. The molecule has 0 amide bonds. The predicted octanol–water partition coefficient (Wildman–Crippen LogP) is 3.33. The van der Waals surface area contributed by atoms with Crippen molar-refractivity contribution >= 4 is 33.3 Å². The molecule has 0 aliphatic heterocycles. The molecule has 0 fully saturated rings. The number of carbonyl (C=O) groups is 1. The Hall–Kier alpha value is -2.25. The van der Waals surface area contributed by atoms with E-state index in [9.17, 15) is 13.2 Å². The van der Waals surface area contributed by atoms with Gasteiger partial charge in [0, 0.05) is 5.02 Å². The van der Waals surface area contributed by atoms with Gasteiger partial charge in [-0.1, -0.05) is 17.7 Å². The highest BCUT2D eigenvalue weighted by atomic mass is 35.5. The van der Waals surface area contributed by atoms with E-state index in [1.54, 1.807) is 13.0 Å². The van der Waals surface area contributed by atoms with Gasteiger partial charge in [-0.25, -0.2) is 8.42 Å². The van der Waals surface area contributed by atoms with Crippen molar-refractivity contribution in [3.8, 4) is 5.75 Å². The zero-order valence-corrected chi connectivity index (χ0v) is 15.3. The van der Waals surface area contributed by atoms with E-state index >= 15 is 0 Å². The minimum absolute atomic E-state index is 0.0334. The molecule has 0 saturated carbocycles. The van der Waals surface area contributed by atoms with E-state index in [1.807, 2.05) is 6.92 Å². The van der Waals surface area contributed by atoms with Crippen molar-refractivity contribution in [2.24, 2.45) is 0 Å².